The van der Waals surface area contributed by atoms with Crippen LogP contribution in [0.5, 0.6) is 0 Å². The number of hydrogen-bond donors (Lipinski definition) is 1. The number of hydrogen-bond acceptors (Lipinski definition) is 5. The highest BCUT2D eigenvalue weighted by atomic mass is 15.3. The van der Waals surface area contributed by atoms with Crippen LogP contribution in [0, 0.1) is 5.92 Å². The number of aryl methyl sites for hydroxylation is 1. The normalized spacial score (nSPS) is 18.5. The molecule has 0 spiro atoms. The van der Waals surface area contributed by atoms with Gasteiger partial charge in [0.15, 0.2) is 11.6 Å². The van der Waals surface area contributed by atoms with E-state index in [1.165, 1.54) is 24.1 Å². The number of fused-ring (bicyclic) bond motifs is 1. The average Bonchev–Trinajstić information content (AvgIpc) is 2.62. The van der Waals surface area contributed by atoms with Crippen molar-refractivity contribution in [3.63, 3.8) is 0 Å². The van der Waals surface area contributed by atoms with Crippen molar-refractivity contribution in [1.82, 2.24) is 9.97 Å². The molecule has 2 aliphatic heterocycles. The molecule has 24 heavy (non-hydrogen) atoms. The third-order valence-corrected chi connectivity index (χ3v) is 5.29. The second-order valence-electron chi connectivity index (χ2n) is 6.99. The maximum atomic E-state index is 6.53. The molecule has 0 aliphatic carbocycles. The summed E-state index contributed by atoms with van der Waals surface area (Å²) in [7, 11) is 0. The standard InChI is InChI=1S/C19H25N5/c1-14-8-11-23(12-9-14)18-17(20)19(22-13-21-18)24-10-4-6-15-5-2-3-7-16(15)24/h2-3,5,7,13-14H,4,6,8-12,20H2,1H3. The van der Waals surface area contributed by atoms with Crippen molar-refractivity contribution in [2.75, 3.05) is 35.2 Å². The minimum atomic E-state index is 0.712. The van der Waals surface area contributed by atoms with Crippen molar-refractivity contribution in [1.29, 1.82) is 0 Å². The van der Waals surface area contributed by atoms with Gasteiger partial charge in [0.1, 0.15) is 12.0 Å². The molecule has 5 heteroatoms. The van der Waals surface area contributed by atoms with Crippen LogP contribution in [0.4, 0.5) is 23.0 Å². The number of benzene rings is 1. The lowest BCUT2D eigenvalue weighted by molar-refractivity contribution is 0.437. The number of anilines is 4. The smallest absolute Gasteiger partial charge is 0.161 e. The number of nitrogens with two attached hydrogens (primary N) is 1. The van der Waals surface area contributed by atoms with Crippen molar-refractivity contribution >= 4 is 23.0 Å². The monoisotopic (exact) mass is 323 g/mol. The molecule has 3 heterocycles. The van der Waals surface area contributed by atoms with E-state index in [9.17, 15) is 0 Å². The molecule has 0 radical (unpaired) electrons. The summed E-state index contributed by atoms with van der Waals surface area (Å²) in [4.78, 5) is 13.6. The maximum absolute atomic E-state index is 6.53. The van der Waals surface area contributed by atoms with Gasteiger partial charge in [0.25, 0.3) is 0 Å². The number of nitrogen functional groups attached to an aromatic ring is 1. The van der Waals surface area contributed by atoms with Crippen molar-refractivity contribution in [2.45, 2.75) is 32.6 Å². The zero-order chi connectivity index (χ0) is 16.5. The van der Waals surface area contributed by atoms with Crippen LogP contribution >= 0.6 is 0 Å². The molecule has 126 valence electrons. The highest BCUT2D eigenvalue weighted by Gasteiger charge is 2.25. The fourth-order valence-corrected chi connectivity index (χ4v) is 3.82. The van der Waals surface area contributed by atoms with E-state index >= 15 is 0 Å². The molecule has 2 aliphatic rings. The molecule has 4 rings (SSSR count). The summed E-state index contributed by atoms with van der Waals surface area (Å²) in [5, 5.41) is 0. The van der Waals surface area contributed by atoms with Crippen LogP contribution in [0.15, 0.2) is 30.6 Å². The average molecular weight is 323 g/mol. The Morgan fingerprint density at radius 3 is 2.62 bits per heavy atom. The lowest BCUT2D eigenvalue weighted by Crippen LogP contribution is -2.34. The van der Waals surface area contributed by atoms with Gasteiger partial charge in [-0.2, -0.15) is 0 Å². The Kier molecular flexibility index (Phi) is 4.00. The van der Waals surface area contributed by atoms with Gasteiger partial charge in [-0.25, -0.2) is 9.97 Å². The fourth-order valence-electron chi connectivity index (χ4n) is 3.82. The summed E-state index contributed by atoms with van der Waals surface area (Å²) >= 11 is 0. The Hall–Kier alpha value is -2.30. The molecule has 5 nitrogen and oxygen atoms in total. The van der Waals surface area contributed by atoms with E-state index in [1.807, 2.05) is 0 Å². The summed E-state index contributed by atoms with van der Waals surface area (Å²) in [6, 6.07) is 8.55. The van der Waals surface area contributed by atoms with Gasteiger partial charge in [-0.3, -0.25) is 0 Å². The Balaban J connectivity index is 1.69. The van der Waals surface area contributed by atoms with Crippen molar-refractivity contribution in [3.8, 4) is 0 Å². The molecular formula is C19H25N5. The van der Waals surface area contributed by atoms with Gasteiger partial charge in [-0.1, -0.05) is 25.1 Å². The van der Waals surface area contributed by atoms with Crippen LogP contribution in [0.3, 0.4) is 0 Å². The van der Waals surface area contributed by atoms with E-state index in [4.69, 9.17) is 5.73 Å². The molecule has 0 saturated carbocycles. The zero-order valence-corrected chi connectivity index (χ0v) is 14.3. The predicted molar refractivity (Wildman–Crippen MR) is 98.8 cm³/mol. The molecule has 0 atom stereocenters. The molecule has 1 aromatic heterocycles. The molecule has 1 saturated heterocycles. The van der Waals surface area contributed by atoms with Gasteiger partial charge < -0.3 is 15.5 Å². The second kappa shape index (κ2) is 6.30. The summed E-state index contributed by atoms with van der Waals surface area (Å²) in [6.07, 6.45) is 6.30. The Bertz CT molecular complexity index is 721. The number of rotatable bonds is 2. The number of aromatic nitrogens is 2. The van der Waals surface area contributed by atoms with Crippen LogP contribution in [0.2, 0.25) is 0 Å². The van der Waals surface area contributed by atoms with Gasteiger partial charge in [0, 0.05) is 25.3 Å². The van der Waals surface area contributed by atoms with Gasteiger partial charge in [-0.05, 0) is 43.2 Å². The van der Waals surface area contributed by atoms with E-state index in [0.29, 0.717) is 5.69 Å². The second-order valence-corrected chi connectivity index (χ2v) is 6.99. The topological polar surface area (TPSA) is 58.3 Å². The van der Waals surface area contributed by atoms with E-state index in [0.717, 1.165) is 50.0 Å². The third kappa shape index (κ3) is 2.68. The molecule has 0 amide bonds. The van der Waals surface area contributed by atoms with Crippen molar-refractivity contribution in [2.24, 2.45) is 5.92 Å². The lowest BCUT2D eigenvalue weighted by Gasteiger charge is -2.34. The van der Waals surface area contributed by atoms with E-state index in [2.05, 4.69) is 51.0 Å². The molecule has 2 aromatic rings. The van der Waals surface area contributed by atoms with Gasteiger partial charge in [0.05, 0.1) is 0 Å². The van der Waals surface area contributed by atoms with Crippen molar-refractivity contribution in [3.05, 3.63) is 36.2 Å². The molecule has 1 fully saturated rings. The van der Waals surface area contributed by atoms with Gasteiger partial charge in [0.2, 0.25) is 0 Å². The van der Waals surface area contributed by atoms with Crippen LogP contribution in [0.1, 0.15) is 31.7 Å². The molecule has 2 N–H and O–H groups in total. The zero-order valence-electron chi connectivity index (χ0n) is 14.3. The maximum Gasteiger partial charge on any atom is 0.161 e. The van der Waals surface area contributed by atoms with Crippen LogP contribution in [-0.2, 0) is 6.42 Å². The first-order chi connectivity index (χ1) is 11.7. The Morgan fingerprint density at radius 2 is 1.79 bits per heavy atom. The number of para-hydroxylation sites is 1. The van der Waals surface area contributed by atoms with Crippen LogP contribution in [0.25, 0.3) is 0 Å². The van der Waals surface area contributed by atoms with Crippen molar-refractivity contribution < 1.29 is 0 Å². The van der Waals surface area contributed by atoms with Gasteiger partial charge >= 0.3 is 0 Å². The highest BCUT2D eigenvalue weighted by molar-refractivity contribution is 5.81. The molecule has 0 bridgehead atoms. The van der Waals surface area contributed by atoms with Gasteiger partial charge in [-0.15, -0.1) is 0 Å². The van der Waals surface area contributed by atoms with E-state index in [-0.39, 0.29) is 0 Å². The van der Waals surface area contributed by atoms with E-state index in [1.54, 1.807) is 6.33 Å². The summed E-state index contributed by atoms with van der Waals surface area (Å²) < 4.78 is 0. The highest BCUT2D eigenvalue weighted by Crippen LogP contribution is 2.38. The van der Waals surface area contributed by atoms with Crippen LogP contribution < -0.4 is 15.5 Å². The SMILES string of the molecule is CC1CCN(c2ncnc(N3CCCc4ccccc43)c2N)CC1. The quantitative estimate of drug-likeness (QED) is 0.918. The first-order valence-corrected chi connectivity index (χ1v) is 8.95. The molecular weight excluding hydrogens is 298 g/mol. The molecule has 0 unspecified atom stereocenters. The number of nitrogens with zero attached hydrogens (tertiary/aromatic N) is 4. The Morgan fingerprint density at radius 1 is 1.04 bits per heavy atom. The minimum absolute atomic E-state index is 0.712. The summed E-state index contributed by atoms with van der Waals surface area (Å²) in [6.45, 7) is 5.32. The molecule has 1 aromatic carbocycles. The predicted octanol–water partition coefficient (Wildman–Crippen LogP) is 3.38. The van der Waals surface area contributed by atoms with Crippen LogP contribution in [-0.4, -0.2) is 29.6 Å². The third-order valence-electron chi connectivity index (χ3n) is 5.29. The lowest BCUT2D eigenvalue weighted by atomic mass is 9.99. The number of piperidine rings is 1. The fraction of sp³-hybridized carbons (Fsp3) is 0.474. The first-order valence-electron chi connectivity index (χ1n) is 8.95. The first kappa shape index (κ1) is 15.2. The minimum Gasteiger partial charge on any atom is -0.393 e. The largest absolute Gasteiger partial charge is 0.393 e. The summed E-state index contributed by atoms with van der Waals surface area (Å²) in [5.41, 5.74) is 9.84. The van der Waals surface area contributed by atoms with E-state index < -0.39 is 0 Å². The Labute approximate surface area is 143 Å². The summed E-state index contributed by atoms with van der Waals surface area (Å²) in [5.74, 6) is 2.54.